The summed E-state index contributed by atoms with van der Waals surface area (Å²) >= 11 is 2.13. The molecule has 0 aromatic heterocycles. The van der Waals surface area contributed by atoms with E-state index in [1.807, 2.05) is 0 Å². The summed E-state index contributed by atoms with van der Waals surface area (Å²) in [6.45, 7) is 0. The summed E-state index contributed by atoms with van der Waals surface area (Å²) in [5.74, 6) is -0.878. The maximum Gasteiger partial charge on any atom is 0.335 e. The first-order chi connectivity index (χ1) is 4.70. The molecule has 0 saturated carbocycles. The van der Waals surface area contributed by atoms with Crippen LogP contribution in [0.2, 0.25) is 0 Å². The number of carbonyl (C=O) groups is 1. The Balaban J connectivity index is 3.00. The van der Waals surface area contributed by atoms with Crippen molar-refractivity contribution in [3.8, 4) is 0 Å². The molecule has 0 bridgehead atoms. The maximum absolute atomic E-state index is 10.3. The van der Waals surface area contributed by atoms with Crippen molar-refractivity contribution >= 4 is 28.6 Å². The van der Waals surface area contributed by atoms with E-state index in [1.54, 1.807) is 24.3 Å². The average Bonchev–Trinajstić information content (AvgIpc) is 1.88. The second-order valence-electron chi connectivity index (χ2n) is 1.81. The fourth-order valence-electron chi connectivity index (χ4n) is 0.592. The summed E-state index contributed by atoms with van der Waals surface area (Å²) in [5, 5.41) is 8.47. The van der Waals surface area contributed by atoms with E-state index in [0.717, 1.165) is 3.57 Å². The smallest absolute Gasteiger partial charge is 0.335 e. The van der Waals surface area contributed by atoms with E-state index in [0.29, 0.717) is 5.56 Å². The van der Waals surface area contributed by atoms with Gasteiger partial charge in [0.1, 0.15) is 0 Å². The lowest BCUT2D eigenvalue weighted by Crippen LogP contribution is -1.94. The molecule has 1 N–H and O–H groups in total. The lowest BCUT2D eigenvalue weighted by Gasteiger charge is -1.91. The number of carboxylic acid groups (broad SMARTS) is 1. The van der Waals surface area contributed by atoms with Crippen LogP contribution in [0.4, 0.5) is 0 Å². The Morgan fingerprint density at radius 3 is 2.20 bits per heavy atom. The van der Waals surface area contributed by atoms with Crippen molar-refractivity contribution in [1.29, 1.82) is 0 Å². The summed E-state index contributed by atoms with van der Waals surface area (Å²) in [6.07, 6.45) is 0. The molecule has 0 aliphatic heterocycles. The van der Waals surface area contributed by atoms with Crippen LogP contribution in [-0.4, -0.2) is 11.1 Å². The molecule has 0 saturated heterocycles. The molecule has 0 unspecified atom stereocenters. The molecule has 52 valence electrons. The summed E-state index contributed by atoms with van der Waals surface area (Å²) < 4.78 is 1.04. The highest BCUT2D eigenvalue weighted by atomic mass is 131. The molecule has 10 heavy (non-hydrogen) atoms. The van der Waals surface area contributed by atoms with Gasteiger partial charge in [0.25, 0.3) is 0 Å². The quantitative estimate of drug-likeness (QED) is 0.776. The van der Waals surface area contributed by atoms with Gasteiger partial charge in [0.15, 0.2) is 0 Å². The van der Waals surface area contributed by atoms with Crippen LogP contribution in [0.5, 0.6) is 0 Å². The fraction of sp³-hybridized carbons (Fsp3) is 0. The van der Waals surface area contributed by atoms with Crippen molar-refractivity contribution in [1.82, 2.24) is 0 Å². The van der Waals surface area contributed by atoms with Crippen LogP contribution < -0.4 is 0 Å². The lowest BCUT2D eigenvalue weighted by atomic mass is 10.2. The van der Waals surface area contributed by atoms with E-state index in [2.05, 4.69) is 22.6 Å². The molecule has 2 nitrogen and oxygen atoms in total. The molecule has 0 aliphatic rings. The number of rotatable bonds is 1. The van der Waals surface area contributed by atoms with E-state index in [1.165, 1.54) is 0 Å². The fourth-order valence-corrected chi connectivity index (χ4v) is 0.952. The molecular weight excluding hydrogens is 247 g/mol. The SMILES string of the molecule is O=C(O)c1ccc([131I])cc1. The Labute approximate surface area is 72.0 Å². The Morgan fingerprint density at radius 1 is 1.30 bits per heavy atom. The van der Waals surface area contributed by atoms with Crippen LogP contribution >= 0.6 is 22.6 Å². The minimum Gasteiger partial charge on any atom is -0.478 e. The van der Waals surface area contributed by atoms with Crippen molar-refractivity contribution in [3.63, 3.8) is 0 Å². The van der Waals surface area contributed by atoms with E-state index in [4.69, 9.17) is 5.11 Å². The summed E-state index contributed by atoms with van der Waals surface area (Å²) in [5.41, 5.74) is 0.334. The average molecular weight is 252 g/mol. The number of carboxylic acids is 1. The van der Waals surface area contributed by atoms with Crippen LogP contribution in [-0.2, 0) is 0 Å². The summed E-state index contributed by atoms with van der Waals surface area (Å²) in [6, 6.07) is 6.71. The van der Waals surface area contributed by atoms with Gasteiger partial charge in [0.2, 0.25) is 0 Å². The third kappa shape index (κ3) is 1.70. The molecule has 0 fully saturated rings. The number of benzene rings is 1. The van der Waals surface area contributed by atoms with Crippen molar-refractivity contribution in [2.45, 2.75) is 0 Å². The van der Waals surface area contributed by atoms with E-state index >= 15 is 0 Å². The van der Waals surface area contributed by atoms with Gasteiger partial charge in [-0.05, 0) is 46.9 Å². The van der Waals surface area contributed by atoms with Crippen LogP contribution in [0.1, 0.15) is 10.4 Å². The topological polar surface area (TPSA) is 37.3 Å². The van der Waals surface area contributed by atoms with E-state index in [-0.39, 0.29) is 0 Å². The molecule has 0 heterocycles. The van der Waals surface area contributed by atoms with Gasteiger partial charge < -0.3 is 5.11 Å². The third-order valence-electron chi connectivity index (χ3n) is 1.09. The first-order valence-electron chi connectivity index (χ1n) is 2.69. The number of aromatic carboxylic acids is 1. The van der Waals surface area contributed by atoms with E-state index in [9.17, 15) is 4.79 Å². The summed E-state index contributed by atoms with van der Waals surface area (Å²) in [7, 11) is 0. The van der Waals surface area contributed by atoms with Crippen molar-refractivity contribution in [2.75, 3.05) is 0 Å². The standard InChI is InChI=1S/C7H5IO2/c8-6-3-1-5(2-4-6)7(9)10/h1-4H,(H,9,10)/i8+4. The maximum atomic E-state index is 10.3. The Bertz CT molecular complexity index is 240. The molecule has 1 rings (SSSR count). The van der Waals surface area contributed by atoms with Crippen LogP contribution in [0.15, 0.2) is 24.3 Å². The van der Waals surface area contributed by atoms with Gasteiger partial charge in [-0.2, -0.15) is 0 Å². The second kappa shape index (κ2) is 3.01. The lowest BCUT2D eigenvalue weighted by molar-refractivity contribution is 0.0697. The zero-order valence-electron chi connectivity index (χ0n) is 5.04. The monoisotopic (exact) mass is 252 g/mol. The Hall–Kier alpha value is -0.580. The normalized spacial score (nSPS) is 9.30. The first-order valence-corrected chi connectivity index (χ1v) is 3.77. The molecule has 0 amide bonds. The highest BCUT2D eigenvalue weighted by molar-refractivity contribution is 14.1. The minimum absolute atomic E-state index is 0.334. The molecule has 1 aromatic carbocycles. The Morgan fingerprint density at radius 2 is 1.80 bits per heavy atom. The Kier molecular flexibility index (Phi) is 2.26. The number of halogens is 1. The number of hydrogen-bond donors (Lipinski definition) is 1. The van der Waals surface area contributed by atoms with Gasteiger partial charge in [-0.3, -0.25) is 0 Å². The molecule has 0 spiro atoms. The molecule has 0 atom stereocenters. The van der Waals surface area contributed by atoms with Gasteiger partial charge >= 0.3 is 5.97 Å². The molecule has 0 aliphatic carbocycles. The number of hydrogen-bond acceptors (Lipinski definition) is 1. The van der Waals surface area contributed by atoms with Crippen LogP contribution in [0, 0.1) is 3.57 Å². The van der Waals surface area contributed by atoms with Crippen LogP contribution in [0.25, 0.3) is 0 Å². The zero-order valence-corrected chi connectivity index (χ0v) is 7.20. The van der Waals surface area contributed by atoms with Gasteiger partial charge in [-0.25, -0.2) is 4.79 Å². The first kappa shape index (κ1) is 7.53. The van der Waals surface area contributed by atoms with Crippen molar-refractivity contribution in [2.24, 2.45) is 0 Å². The summed E-state index contributed by atoms with van der Waals surface area (Å²) in [4.78, 5) is 10.3. The molecule has 0 radical (unpaired) electrons. The molecular formula is C7H5IO2. The predicted octanol–water partition coefficient (Wildman–Crippen LogP) is 1.99. The van der Waals surface area contributed by atoms with Crippen molar-refractivity contribution in [3.05, 3.63) is 33.4 Å². The highest BCUT2D eigenvalue weighted by Gasteiger charge is 1.98. The van der Waals surface area contributed by atoms with Crippen molar-refractivity contribution < 1.29 is 9.90 Å². The zero-order chi connectivity index (χ0) is 7.56. The second-order valence-corrected chi connectivity index (χ2v) is 3.06. The van der Waals surface area contributed by atoms with Gasteiger partial charge in [0, 0.05) is 3.57 Å². The third-order valence-corrected chi connectivity index (χ3v) is 1.81. The van der Waals surface area contributed by atoms with Crippen LogP contribution in [0.3, 0.4) is 0 Å². The van der Waals surface area contributed by atoms with Gasteiger partial charge in [0.05, 0.1) is 5.56 Å². The molecule has 3 heteroatoms. The minimum atomic E-state index is -0.878. The largest absolute Gasteiger partial charge is 0.478 e. The van der Waals surface area contributed by atoms with E-state index < -0.39 is 5.97 Å². The van der Waals surface area contributed by atoms with Gasteiger partial charge in [-0.15, -0.1) is 0 Å². The predicted molar refractivity (Wildman–Crippen MR) is 46.1 cm³/mol. The molecule has 1 aromatic rings. The van der Waals surface area contributed by atoms with Gasteiger partial charge in [-0.1, -0.05) is 0 Å². The highest BCUT2D eigenvalue weighted by Crippen LogP contribution is 2.05.